The molecule has 3 nitrogen and oxygen atoms in total. The molecular weight excluding hydrogens is 324 g/mol. The second kappa shape index (κ2) is 7.44. The van der Waals surface area contributed by atoms with Gasteiger partial charge in [0.25, 0.3) is 5.91 Å². The fraction of sp³-hybridized carbons (Fsp3) is 0.111. The molecule has 0 bridgehead atoms. The standard InChI is InChI=1S/C18H16N2OS2/c1-13-8-10-22-17(13)18(21)20-15-4-6-16(7-5-15)23-12-14-3-2-9-19-11-14/h2-11H,12H2,1H3,(H,20,21). The van der Waals surface area contributed by atoms with E-state index >= 15 is 0 Å². The second-order valence-corrected chi connectivity index (χ2v) is 7.03. The number of amides is 1. The monoisotopic (exact) mass is 340 g/mol. The summed E-state index contributed by atoms with van der Waals surface area (Å²) in [6.07, 6.45) is 3.66. The summed E-state index contributed by atoms with van der Waals surface area (Å²) in [5, 5.41) is 4.87. The van der Waals surface area contributed by atoms with Crippen LogP contribution in [0.5, 0.6) is 0 Å². The zero-order valence-electron chi connectivity index (χ0n) is 12.7. The third-order valence-corrected chi connectivity index (χ3v) is 5.41. The number of carbonyl (C=O) groups is 1. The van der Waals surface area contributed by atoms with Crippen molar-refractivity contribution in [2.45, 2.75) is 17.6 Å². The fourth-order valence-electron chi connectivity index (χ4n) is 2.08. The topological polar surface area (TPSA) is 42.0 Å². The van der Waals surface area contributed by atoms with Crippen LogP contribution in [0.25, 0.3) is 0 Å². The van der Waals surface area contributed by atoms with Crippen LogP contribution >= 0.6 is 23.1 Å². The highest BCUT2D eigenvalue weighted by Crippen LogP contribution is 2.24. The van der Waals surface area contributed by atoms with Crippen molar-refractivity contribution in [3.05, 3.63) is 76.2 Å². The number of nitrogens with zero attached hydrogens (tertiary/aromatic N) is 1. The number of benzene rings is 1. The first kappa shape index (κ1) is 15.8. The Hall–Kier alpha value is -2.11. The number of hydrogen-bond acceptors (Lipinski definition) is 4. The van der Waals surface area contributed by atoms with Crippen LogP contribution in [-0.4, -0.2) is 10.9 Å². The van der Waals surface area contributed by atoms with Gasteiger partial charge in [0.05, 0.1) is 4.88 Å². The van der Waals surface area contributed by atoms with Gasteiger partial charge in [-0.05, 0) is 59.8 Å². The molecule has 116 valence electrons. The minimum absolute atomic E-state index is 0.0479. The molecule has 0 aliphatic rings. The maximum atomic E-state index is 12.2. The lowest BCUT2D eigenvalue weighted by Crippen LogP contribution is -2.11. The van der Waals surface area contributed by atoms with E-state index in [4.69, 9.17) is 0 Å². The highest BCUT2D eigenvalue weighted by molar-refractivity contribution is 7.98. The van der Waals surface area contributed by atoms with Crippen LogP contribution in [-0.2, 0) is 5.75 Å². The molecule has 5 heteroatoms. The Morgan fingerprint density at radius 2 is 2.04 bits per heavy atom. The minimum atomic E-state index is -0.0479. The van der Waals surface area contributed by atoms with Crippen LogP contribution in [0, 0.1) is 6.92 Å². The van der Waals surface area contributed by atoms with Crippen molar-refractivity contribution in [1.82, 2.24) is 4.98 Å². The fourth-order valence-corrected chi connectivity index (χ4v) is 3.73. The zero-order valence-corrected chi connectivity index (χ0v) is 14.3. The number of anilines is 1. The van der Waals surface area contributed by atoms with Crippen LogP contribution in [0.4, 0.5) is 5.69 Å². The minimum Gasteiger partial charge on any atom is -0.321 e. The lowest BCUT2D eigenvalue weighted by atomic mass is 10.2. The summed E-state index contributed by atoms with van der Waals surface area (Å²) in [6.45, 7) is 1.95. The highest BCUT2D eigenvalue weighted by Gasteiger charge is 2.10. The Morgan fingerprint density at radius 3 is 2.70 bits per heavy atom. The van der Waals surface area contributed by atoms with E-state index in [1.807, 2.05) is 54.9 Å². The van der Waals surface area contributed by atoms with Gasteiger partial charge in [-0.15, -0.1) is 23.1 Å². The van der Waals surface area contributed by atoms with Crippen LogP contribution in [0.15, 0.2) is 65.1 Å². The number of thiophene rings is 1. The van der Waals surface area contributed by atoms with Crippen LogP contribution in [0.3, 0.4) is 0 Å². The predicted octanol–water partition coefficient (Wildman–Crippen LogP) is 5.00. The third-order valence-electron chi connectivity index (χ3n) is 3.31. The molecular formula is C18H16N2OS2. The predicted molar refractivity (Wildman–Crippen MR) is 97.2 cm³/mol. The Morgan fingerprint density at radius 1 is 1.22 bits per heavy atom. The molecule has 0 spiro atoms. The summed E-state index contributed by atoms with van der Waals surface area (Å²) in [4.78, 5) is 18.2. The van der Waals surface area contributed by atoms with Crippen molar-refractivity contribution in [2.75, 3.05) is 5.32 Å². The van der Waals surface area contributed by atoms with Crippen molar-refractivity contribution >= 4 is 34.7 Å². The number of pyridine rings is 1. The molecule has 3 rings (SSSR count). The van der Waals surface area contributed by atoms with Gasteiger partial charge in [-0.1, -0.05) is 6.07 Å². The Labute approximate surface area is 143 Å². The van der Waals surface area contributed by atoms with E-state index in [1.54, 1.807) is 18.0 Å². The summed E-state index contributed by atoms with van der Waals surface area (Å²) in [5.74, 6) is 0.835. The van der Waals surface area contributed by atoms with E-state index in [0.29, 0.717) is 0 Å². The number of carbonyl (C=O) groups excluding carboxylic acids is 1. The molecule has 3 aromatic rings. The molecule has 0 saturated heterocycles. The van der Waals surface area contributed by atoms with Crippen molar-refractivity contribution in [2.24, 2.45) is 0 Å². The van der Waals surface area contributed by atoms with Gasteiger partial charge in [0.1, 0.15) is 0 Å². The molecule has 0 fully saturated rings. The molecule has 0 saturated carbocycles. The lowest BCUT2D eigenvalue weighted by Gasteiger charge is -2.06. The van der Waals surface area contributed by atoms with Crippen LogP contribution in [0.1, 0.15) is 20.8 Å². The van der Waals surface area contributed by atoms with Gasteiger partial charge >= 0.3 is 0 Å². The molecule has 2 heterocycles. The van der Waals surface area contributed by atoms with Crippen molar-refractivity contribution in [3.63, 3.8) is 0 Å². The van der Waals surface area contributed by atoms with Gasteiger partial charge in [0, 0.05) is 28.7 Å². The Balaban J connectivity index is 1.59. The van der Waals surface area contributed by atoms with Crippen LogP contribution < -0.4 is 5.32 Å². The van der Waals surface area contributed by atoms with E-state index in [-0.39, 0.29) is 5.91 Å². The van der Waals surface area contributed by atoms with Crippen molar-refractivity contribution in [3.8, 4) is 0 Å². The van der Waals surface area contributed by atoms with Crippen molar-refractivity contribution in [1.29, 1.82) is 0 Å². The first-order valence-electron chi connectivity index (χ1n) is 7.19. The molecule has 2 aromatic heterocycles. The van der Waals surface area contributed by atoms with Gasteiger partial charge in [-0.25, -0.2) is 0 Å². The molecule has 0 atom stereocenters. The number of aromatic nitrogens is 1. The second-order valence-electron chi connectivity index (χ2n) is 5.06. The van der Waals surface area contributed by atoms with Gasteiger partial charge in [0.2, 0.25) is 0 Å². The van der Waals surface area contributed by atoms with Gasteiger partial charge in [-0.2, -0.15) is 0 Å². The SMILES string of the molecule is Cc1ccsc1C(=O)Nc1ccc(SCc2cccnc2)cc1. The zero-order chi connectivity index (χ0) is 16.1. The number of nitrogens with one attached hydrogen (secondary N) is 1. The first-order chi connectivity index (χ1) is 11.2. The molecule has 0 aliphatic heterocycles. The average molecular weight is 340 g/mol. The quantitative estimate of drug-likeness (QED) is 0.665. The van der Waals surface area contributed by atoms with E-state index in [2.05, 4.69) is 16.4 Å². The largest absolute Gasteiger partial charge is 0.321 e. The molecule has 23 heavy (non-hydrogen) atoms. The summed E-state index contributed by atoms with van der Waals surface area (Å²) in [7, 11) is 0. The summed E-state index contributed by atoms with van der Waals surface area (Å²) < 4.78 is 0. The number of hydrogen-bond donors (Lipinski definition) is 1. The molecule has 0 radical (unpaired) electrons. The normalized spacial score (nSPS) is 10.5. The number of rotatable bonds is 5. The van der Waals surface area contributed by atoms with E-state index in [9.17, 15) is 4.79 Å². The lowest BCUT2D eigenvalue weighted by molar-refractivity contribution is 0.103. The Kier molecular flexibility index (Phi) is 5.10. The van der Waals surface area contributed by atoms with E-state index in [0.717, 1.165) is 21.9 Å². The maximum Gasteiger partial charge on any atom is 0.265 e. The first-order valence-corrected chi connectivity index (χ1v) is 9.06. The van der Waals surface area contributed by atoms with E-state index in [1.165, 1.54) is 21.8 Å². The van der Waals surface area contributed by atoms with Gasteiger partial charge in [0.15, 0.2) is 0 Å². The molecule has 0 unspecified atom stereocenters. The van der Waals surface area contributed by atoms with Crippen LogP contribution in [0.2, 0.25) is 0 Å². The number of thioether (sulfide) groups is 1. The van der Waals surface area contributed by atoms with Gasteiger partial charge < -0.3 is 5.32 Å². The Bertz CT molecular complexity index is 782. The molecule has 1 aromatic carbocycles. The highest BCUT2D eigenvalue weighted by atomic mass is 32.2. The molecule has 0 aliphatic carbocycles. The summed E-state index contributed by atoms with van der Waals surface area (Å²) in [6, 6.07) is 13.9. The number of aryl methyl sites for hydroxylation is 1. The smallest absolute Gasteiger partial charge is 0.265 e. The van der Waals surface area contributed by atoms with E-state index < -0.39 is 0 Å². The maximum absolute atomic E-state index is 12.2. The molecule has 1 amide bonds. The summed E-state index contributed by atoms with van der Waals surface area (Å²) in [5.41, 5.74) is 3.02. The summed E-state index contributed by atoms with van der Waals surface area (Å²) >= 11 is 3.21. The molecule has 1 N–H and O–H groups in total. The average Bonchev–Trinajstić information content (AvgIpc) is 3.01. The van der Waals surface area contributed by atoms with Crippen molar-refractivity contribution < 1.29 is 4.79 Å². The van der Waals surface area contributed by atoms with Gasteiger partial charge in [-0.3, -0.25) is 9.78 Å². The third kappa shape index (κ3) is 4.21.